The van der Waals surface area contributed by atoms with Gasteiger partial charge in [0.25, 0.3) is 0 Å². The smallest absolute Gasteiger partial charge is 0.241 e. The van der Waals surface area contributed by atoms with Crippen molar-refractivity contribution in [3.8, 4) is 11.3 Å². The molecule has 2 aromatic heterocycles. The first-order chi connectivity index (χ1) is 13.2. The van der Waals surface area contributed by atoms with Gasteiger partial charge in [-0.2, -0.15) is 5.10 Å². The molecule has 1 amide bonds. The largest absolute Gasteiger partial charge is 0.367 e. The number of carbonyl (C=O) groups is 1. The number of likely N-dealkylation sites (N-methyl/N-ethyl adjacent to an activating group) is 1. The summed E-state index contributed by atoms with van der Waals surface area (Å²) < 4.78 is 1.67. The number of hydrogen-bond acceptors (Lipinski definition) is 6. The van der Waals surface area contributed by atoms with E-state index in [1.54, 1.807) is 17.9 Å². The van der Waals surface area contributed by atoms with Gasteiger partial charge in [0.15, 0.2) is 0 Å². The number of rotatable bonds is 8. The lowest BCUT2D eigenvalue weighted by atomic mass is 10.1. The second-order valence-electron chi connectivity index (χ2n) is 6.06. The molecule has 0 aliphatic heterocycles. The highest BCUT2D eigenvalue weighted by Gasteiger charge is 2.19. The van der Waals surface area contributed by atoms with Gasteiger partial charge in [0.05, 0.1) is 11.9 Å². The van der Waals surface area contributed by atoms with Gasteiger partial charge >= 0.3 is 0 Å². The highest BCUT2D eigenvalue weighted by atomic mass is 35.5. The van der Waals surface area contributed by atoms with Gasteiger partial charge in [-0.3, -0.25) is 9.48 Å². The first-order valence-electron chi connectivity index (χ1n) is 8.74. The topological polar surface area (TPSA) is 96.8 Å². The molecule has 0 fully saturated rings. The maximum Gasteiger partial charge on any atom is 0.241 e. The Morgan fingerprint density at radius 2 is 1.89 bits per heavy atom. The highest BCUT2D eigenvalue weighted by molar-refractivity contribution is 5.85. The Bertz CT molecular complexity index is 868. The van der Waals surface area contributed by atoms with Crippen LogP contribution in [-0.4, -0.2) is 46.0 Å². The molecule has 8 nitrogen and oxygen atoms in total. The molecule has 0 radical (unpaired) electrons. The maximum atomic E-state index is 12.3. The van der Waals surface area contributed by atoms with Crippen molar-refractivity contribution < 1.29 is 4.79 Å². The van der Waals surface area contributed by atoms with Gasteiger partial charge in [-0.25, -0.2) is 0 Å². The average molecular weight is 402 g/mol. The van der Waals surface area contributed by atoms with Gasteiger partial charge in [-0.1, -0.05) is 30.3 Å². The summed E-state index contributed by atoms with van der Waals surface area (Å²) in [5, 5.41) is 21.6. The van der Waals surface area contributed by atoms with Crippen LogP contribution in [0.4, 0.5) is 5.82 Å². The molecule has 0 saturated carbocycles. The quantitative estimate of drug-likeness (QED) is 0.498. The fourth-order valence-electron chi connectivity index (χ4n) is 2.71. The van der Waals surface area contributed by atoms with Crippen molar-refractivity contribution in [3.05, 3.63) is 60.4 Å². The SMILES string of the molecule is CNC(C(=O)NCCNc1ccc(-c2ccccc2)nn1)c1cnn(C)c1.Cl. The lowest BCUT2D eigenvalue weighted by molar-refractivity contribution is -0.123. The molecule has 0 bridgehead atoms. The van der Waals surface area contributed by atoms with Crippen molar-refractivity contribution in [1.82, 2.24) is 30.6 Å². The van der Waals surface area contributed by atoms with Crippen LogP contribution in [0.1, 0.15) is 11.6 Å². The molecule has 1 unspecified atom stereocenters. The minimum Gasteiger partial charge on any atom is -0.367 e. The molecule has 1 atom stereocenters. The van der Waals surface area contributed by atoms with E-state index >= 15 is 0 Å². The number of aromatic nitrogens is 4. The van der Waals surface area contributed by atoms with E-state index in [0.29, 0.717) is 18.9 Å². The lowest BCUT2D eigenvalue weighted by Crippen LogP contribution is -2.38. The van der Waals surface area contributed by atoms with Gasteiger partial charge < -0.3 is 16.0 Å². The Labute approximate surface area is 170 Å². The zero-order valence-corrected chi connectivity index (χ0v) is 16.6. The molecule has 3 N–H and O–H groups in total. The summed E-state index contributed by atoms with van der Waals surface area (Å²) in [6.07, 6.45) is 3.51. The summed E-state index contributed by atoms with van der Waals surface area (Å²) in [6.45, 7) is 1.02. The number of hydrogen-bond donors (Lipinski definition) is 3. The van der Waals surface area contributed by atoms with Gasteiger partial charge in [-0.15, -0.1) is 22.6 Å². The van der Waals surface area contributed by atoms with Crippen LogP contribution in [0.15, 0.2) is 54.9 Å². The Hall–Kier alpha value is -2.97. The Kier molecular flexibility index (Phi) is 7.91. The zero-order valence-electron chi connectivity index (χ0n) is 15.8. The van der Waals surface area contributed by atoms with Crippen molar-refractivity contribution >= 4 is 24.1 Å². The molecule has 3 rings (SSSR count). The molecule has 1 aromatic carbocycles. The molecule has 0 spiro atoms. The number of carbonyl (C=O) groups excluding carboxylic acids is 1. The molecular formula is C19H24ClN7O. The number of amides is 1. The fraction of sp³-hybridized carbons (Fsp3) is 0.263. The zero-order chi connectivity index (χ0) is 19.1. The van der Waals surface area contributed by atoms with Crippen LogP contribution in [-0.2, 0) is 11.8 Å². The lowest BCUT2D eigenvalue weighted by Gasteiger charge is -2.14. The standard InChI is InChI=1S/C19H23N7O.ClH/c1-20-18(15-12-23-26(2)13-15)19(27)22-11-10-21-17-9-8-16(24-25-17)14-6-4-3-5-7-14;/h3-9,12-13,18,20H,10-11H2,1-2H3,(H,21,25)(H,22,27);1H. The van der Waals surface area contributed by atoms with Crippen molar-refractivity contribution in [1.29, 1.82) is 0 Å². The first kappa shape index (κ1) is 21.3. The van der Waals surface area contributed by atoms with Crippen LogP contribution in [0.2, 0.25) is 0 Å². The summed E-state index contributed by atoms with van der Waals surface area (Å²) in [4.78, 5) is 12.3. The summed E-state index contributed by atoms with van der Waals surface area (Å²) in [5.74, 6) is 0.569. The van der Waals surface area contributed by atoms with E-state index in [4.69, 9.17) is 0 Å². The van der Waals surface area contributed by atoms with Crippen molar-refractivity contribution in [2.24, 2.45) is 7.05 Å². The normalized spacial score (nSPS) is 11.4. The van der Waals surface area contributed by atoms with Crippen LogP contribution < -0.4 is 16.0 Å². The van der Waals surface area contributed by atoms with E-state index in [1.807, 2.05) is 55.7 Å². The number of benzene rings is 1. The monoisotopic (exact) mass is 401 g/mol. The molecule has 28 heavy (non-hydrogen) atoms. The molecule has 2 heterocycles. The molecule has 148 valence electrons. The molecule has 9 heteroatoms. The number of anilines is 1. The van der Waals surface area contributed by atoms with Crippen molar-refractivity contribution in [2.75, 3.05) is 25.5 Å². The van der Waals surface area contributed by atoms with E-state index in [0.717, 1.165) is 16.8 Å². The van der Waals surface area contributed by atoms with E-state index in [2.05, 4.69) is 31.2 Å². The third-order valence-corrected chi connectivity index (χ3v) is 4.07. The predicted octanol–water partition coefficient (Wildman–Crippen LogP) is 1.79. The second kappa shape index (κ2) is 10.4. The van der Waals surface area contributed by atoms with Crippen LogP contribution in [0.25, 0.3) is 11.3 Å². The maximum absolute atomic E-state index is 12.3. The predicted molar refractivity (Wildman–Crippen MR) is 111 cm³/mol. The molecule has 3 aromatic rings. The van der Waals surface area contributed by atoms with Crippen molar-refractivity contribution in [3.63, 3.8) is 0 Å². The fourth-order valence-corrected chi connectivity index (χ4v) is 2.71. The number of nitrogens with one attached hydrogen (secondary N) is 3. The van der Waals surface area contributed by atoms with E-state index in [-0.39, 0.29) is 18.3 Å². The van der Waals surface area contributed by atoms with Crippen LogP contribution >= 0.6 is 12.4 Å². The third kappa shape index (κ3) is 5.51. The number of halogens is 1. The van der Waals surface area contributed by atoms with Gasteiger partial charge in [0, 0.05) is 37.5 Å². The summed E-state index contributed by atoms with van der Waals surface area (Å²) >= 11 is 0. The summed E-state index contributed by atoms with van der Waals surface area (Å²) in [6, 6.07) is 13.3. The Morgan fingerprint density at radius 1 is 1.11 bits per heavy atom. The number of nitrogens with zero attached hydrogens (tertiary/aromatic N) is 4. The minimum absolute atomic E-state index is 0. The van der Waals surface area contributed by atoms with Crippen LogP contribution in [0, 0.1) is 0 Å². The van der Waals surface area contributed by atoms with Crippen molar-refractivity contribution in [2.45, 2.75) is 6.04 Å². The van der Waals surface area contributed by atoms with Crippen LogP contribution in [0.3, 0.4) is 0 Å². The third-order valence-electron chi connectivity index (χ3n) is 4.07. The minimum atomic E-state index is -0.427. The Balaban J connectivity index is 0.00000280. The first-order valence-corrected chi connectivity index (χ1v) is 8.74. The Morgan fingerprint density at radius 3 is 2.50 bits per heavy atom. The van der Waals surface area contributed by atoms with E-state index < -0.39 is 6.04 Å². The second-order valence-corrected chi connectivity index (χ2v) is 6.06. The van der Waals surface area contributed by atoms with Crippen LogP contribution in [0.5, 0.6) is 0 Å². The molecular weight excluding hydrogens is 378 g/mol. The van der Waals surface area contributed by atoms with Gasteiger partial charge in [-0.05, 0) is 19.2 Å². The molecule has 0 aliphatic rings. The molecule has 0 aliphatic carbocycles. The molecule has 0 saturated heterocycles. The van der Waals surface area contributed by atoms with Gasteiger partial charge in [0.1, 0.15) is 11.9 Å². The average Bonchev–Trinajstić information content (AvgIpc) is 3.13. The van der Waals surface area contributed by atoms with E-state index in [9.17, 15) is 4.79 Å². The highest BCUT2D eigenvalue weighted by Crippen LogP contribution is 2.16. The van der Waals surface area contributed by atoms with Gasteiger partial charge in [0.2, 0.25) is 5.91 Å². The summed E-state index contributed by atoms with van der Waals surface area (Å²) in [5.41, 5.74) is 2.67. The number of aryl methyl sites for hydroxylation is 1. The summed E-state index contributed by atoms with van der Waals surface area (Å²) in [7, 11) is 3.57. The van der Waals surface area contributed by atoms with E-state index in [1.165, 1.54) is 0 Å².